The molecule has 3 heterocycles. The number of benzene rings is 2. The summed E-state index contributed by atoms with van der Waals surface area (Å²) in [6.45, 7) is 10.1. The van der Waals surface area contributed by atoms with Crippen LogP contribution in [0.3, 0.4) is 0 Å². The first-order valence-electron chi connectivity index (χ1n) is 12.8. The van der Waals surface area contributed by atoms with Crippen molar-refractivity contribution in [2.45, 2.75) is 58.0 Å². The van der Waals surface area contributed by atoms with E-state index in [0.29, 0.717) is 11.3 Å². The van der Waals surface area contributed by atoms with Crippen LogP contribution in [-0.4, -0.2) is 44.4 Å². The van der Waals surface area contributed by atoms with E-state index in [1.807, 2.05) is 58.3 Å². The number of imidazole rings is 1. The van der Waals surface area contributed by atoms with Crippen LogP contribution in [0.2, 0.25) is 0 Å². The molecule has 1 saturated carbocycles. The van der Waals surface area contributed by atoms with Gasteiger partial charge in [-0.1, -0.05) is 38.1 Å². The monoisotopic (exact) mass is 499 g/mol. The smallest absolute Gasteiger partial charge is 0.231 e. The molecule has 8 heteroatoms. The molecule has 2 N–H and O–H groups in total. The predicted octanol–water partition coefficient (Wildman–Crippen LogP) is 4.84. The first-order chi connectivity index (χ1) is 17.5. The molecule has 0 radical (unpaired) electrons. The van der Waals surface area contributed by atoms with Crippen molar-refractivity contribution in [3.8, 4) is 5.69 Å². The van der Waals surface area contributed by atoms with Gasteiger partial charge in [-0.3, -0.25) is 14.7 Å². The molecule has 4 aromatic rings. The quantitative estimate of drug-likeness (QED) is 0.408. The maximum atomic E-state index is 12.5. The molecular formula is C29H33N5O3. The van der Waals surface area contributed by atoms with E-state index in [2.05, 4.69) is 43.1 Å². The molecular weight excluding hydrogens is 466 g/mol. The summed E-state index contributed by atoms with van der Waals surface area (Å²) >= 11 is 0. The number of carbonyl (C=O) groups excluding carboxylic acids is 1. The maximum Gasteiger partial charge on any atom is 0.231 e. The van der Waals surface area contributed by atoms with Gasteiger partial charge < -0.3 is 14.5 Å². The first-order valence-corrected chi connectivity index (χ1v) is 12.8. The van der Waals surface area contributed by atoms with Crippen molar-refractivity contribution in [2.75, 3.05) is 23.3 Å². The number of rotatable bonds is 5. The third kappa shape index (κ3) is 4.50. The summed E-state index contributed by atoms with van der Waals surface area (Å²) in [5, 5.41) is 16.9. The Kier molecular flexibility index (Phi) is 5.25. The summed E-state index contributed by atoms with van der Waals surface area (Å²) in [6.07, 6.45) is 3.87. The molecule has 0 atom stereocenters. The number of fused-ring (bicyclic) bond motifs is 1. The second-order valence-electron chi connectivity index (χ2n) is 12.2. The van der Waals surface area contributed by atoms with Gasteiger partial charge in [-0.05, 0) is 55.7 Å². The summed E-state index contributed by atoms with van der Waals surface area (Å²) in [7, 11) is 0. The molecule has 1 saturated heterocycles. The van der Waals surface area contributed by atoms with Gasteiger partial charge in [0.1, 0.15) is 6.33 Å². The Morgan fingerprint density at radius 1 is 1.08 bits per heavy atom. The minimum atomic E-state index is -0.485. The highest BCUT2D eigenvalue weighted by atomic mass is 16.5. The molecule has 1 amide bonds. The lowest BCUT2D eigenvalue weighted by molar-refractivity contribution is -0.126. The van der Waals surface area contributed by atoms with Crippen LogP contribution < -0.4 is 10.2 Å². The summed E-state index contributed by atoms with van der Waals surface area (Å²) in [4.78, 5) is 19.5. The van der Waals surface area contributed by atoms with Gasteiger partial charge in [0, 0.05) is 41.4 Å². The van der Waals surface area contributed by atoms with Crippen molar-refractivity contribution in [1.29, 1.82) is 0 Å². The highest BCUT2D eigenvalue weighted by Gasteiger charge is 2.57. The van der Waals surface area contributed by atoms with E-state index in [1.165, 1.54) is 5.69 Å². The van der Waals surface area contributed by atoms with Crippen molar-refractivity contribution in [3.05, 3.63) is 66.1 Å². The second kappa shape index (κ2) is 8.18. The number of carbonyl (C=O) groups is 1. The molecule has 2 aromatic carbocycles. The van der Waals surface area contributed by atoms with Crippen molar-refractivity contribution in [1.82, 2.24) is 14.7 Å². The Hall–Kier alpha value is -3.65. The zero-order chi connectivity index (χ0) is 26.0. The second-order valence-corrected chi connectivity index (χ2v) is 12.2. The summed E-state index contributed by atoms with van der Waals surface area (Å²) in [5.41, 5.74) is 5.53. The molecule has 2 fully saturated rings. The van der Waals surface area contributed by atoms with Gasteiger partial charge in [-0.2, -0.15) is 0 Å². The molecule has 8 nitrogen and oxygen atoms in total. The van der Waals surface area contributed by atoms with Gasteiger partial charge in [-0.25, -0.2) is 4.98 Å². The predicted molar refractivity (Wildman–Crippen MR) is 143 cm³/mol. The highest BCUT2D eigenvalue weighted by molar-refractivity contribution is 5.91. The topological polar surface area (TPSA) is 96.4 Å². The fourth-order valence-electron chi connectivity index (χ4n) is 5.97. The van der Waals surface area contributed by atoms with Crippen LogP contribution in [0.25, 0.3) is 16.7 Å². The van der Waals surface area contributed by atoms with Gasteiger partial charge >= 0.3 is 0 Å². The maximum absolute atomic E-state index is 12.5. The molecule has 6 rings (SSSR count). The van der Waals surface area contributed by atoms with Crippen LogP contribution in [0.5, 0.6) is 0 Å². The van der Waals surface area contributed by atoms with Crippen molar-refractivity contribution < 1.29 is 14.4 Å². The SMILES string of the molecule is CC1(O)CC2(CN(c3ccc4c(c3)ncn4-c3ccc(CC(=O)Nc4cc(C(C)(C)C)no4)cc3)C2)C1. The lowest BCUT2D eigenvalue weighted by Crippen LogP contribution is -2.67. The zero-order valence-electron chi connectivity index (χ0n) is 21.8. The van der Waals surface area contributed by atoms with E-state index in [4.69, 9.17) is 4.52 Å². The lowest BCUT2D eigenvalue weighted by Gasteiger charge is -2.62. The lowest BCUT2D eigenvalue weighted by atomic mass is 9.56. The molecule has 2 aromatic heterocycles. The van der Waals surface area contributed by atoms with Gasteiger partial charge in [0.2, 0.25) is 11.8 Å². The molecule has 37 heavy (non-hydrogen) atoms. The number of nitrogens with zero attached hydrogens (tertiary/aromatic N) is 4. The number of aliphatic hydroxyl groups is 1. The summed E-state index contributed by atoms with van der Waals surface area (Å²) in [6, 6.07) is 16.1. The number of anilines is 2. The average molecular weight is 500 g/mol. The Bertz CT molecular complexity index is 1460. The average Bonchev–Trinajstić information content (AvgIpc) is 3.43. The van der Waals surface area contributed by atoms with Crippen LogP contribution in [0.1, 0.15) is 51.8 Å². The molecule has 1 aliphatic carbocycles. The number of hydrogen-bond donors (Lipinski definition) is 2. The fraction of sp³-hybridized carbons (Fsp3) is 0.414. The largest absolute Gasteiger partial charge is 0.390 e. The van der Waals surface area contributed by atoms with E-state index in [9.17, 15) is 9.90 Å². The number of aromatic nitrogens is 3. The van der Waals surface area contributed by atoms with Crippen molar-refractivity contribution in [2.24, 2.45) is 5.41 Å². The number of hydrogen-bond acceptors (Lipinski definition) is 6. The van der Waals surface area contributed by atoms with Gasteiger partial charge in [0.15, 0.2) is 0 Å². The zero-order valence-corrected chi connectivity index (χ0v) is 21.8. The van der Waals surface area contributed by atoms with E-state index in [-0.39, 0.29) is 17.7 Å². The number of amides is 1. The fourth-order valence-corrected chi connectivity index (χ4v) is 5.97. The third-order valence-corrected chi connectivity index (χ3v) is 7.58. The normalized spacial score (nSPS) is 18.0. The van der Waals surface area contributed by atoms with Crippen molar-refractivity contribution >= 4 is 28.5 Å². The molecule has 0 bridgehead atoms. The molecule has 1 spiro atoms. The minimum Gasteiger partial charge on any atom is -0.390 e. The third-order valence-electron chi connectivity index (χ3n) is 7.58. The van der Waals surface area contributed by atoms with Gasteiger partial charge in [0.05, 0.1) is 28.7 Å². The molecule has 2 aliphatic rings. The van der Waals surface area contributed by atoms with Crippen LogP contribution >= 0.6 is 0 Å². The van der Waals surface area contributed by atoms with Gasteiger partial charge in [-0.15, -0.1) is 0 Å². The first kappa shape index (κ1) is 23.7. The summed E-state index contributed by atoms with van der Waals surface area (Å²) < 4.78 is 7.33. The van der Waals surface area contributed by atoms with Crippen LogP contribution in [-0.2, 0) is 16.6 Å². The van der Waals surface area contributed by atoms with Crippen molar-refractivity contribution in [3.63, 3.8) is 0 Å². The van der Waals surface area contributed by atoms with Crippen LogP contribution in [0, 0.1) is 5.41 Å². The standard InChI is InChI=1S/C29H33N5O3/c1-27(2,3)24-13-26(37-32-24)31-25(35)11-19-5-7-20(8-6-19)34-18-30-22-12-21(9-10-23(22)34)33-16-29(17-33)14-28(4,36)15-29/h5-10,12-13,18,36H,11,14-17H2,1-4H3,(H,31,35). The highest BCUT2D eigenvalue weighted by Crippen LogP contribution is 2.54. The molecule has 1 aliphatic heterocycles. The molecule has 0 unspecified atom stereocenters. The van der Waals surface area contributed by atoms with E-state index in [1.54, 1.807) is 6.07 Å². The van der Waals surface area contributed by atoms with E-state index in [0.717, 1.165) is 53.9 Å². The molecule has 192 valence electrons. The van der Waals surface area contributed by atoms with E-state index >= 15 is 0 Å². The van der Waals surface area contributed by atoms with Crippen LogP contribution in [0.15, 0.2) is 59.4 Å². The Morgan fingerprint density at radius 3 is 2.43 bits per heavy atom. The van der Waals surface area contributed by atoms with E-state index < -0.39 is 5.60 Å². The minimum absolute atomic E-state index is 0.141. The Labute approximate surface area is 216 Å². The van der Waals surface area contributed by atoms with Gasteiger partial charge in [0.25, 0.3) is 0 Å². The number of nitrogens with one attached hydrogen (secondary N) is 1. The summed E-state index contributed by atoms with van der Waals surface area (Å²) in [5.74, 6) is 0.215. The Morgan fingerprint density at radius 2 is 1.78 bits per heavy atom. The Balaban J connectivity index is 1.10. The van der Waals surface area contributed by atoms with Crippen LogP contribution in [0.4, 0.5) is 11.6 Å².